The summed E-state index contributed by atoms with van der Waals surface area (Å²) in [7, 11) is -1.77. The fourth-order valence-corrected chi connectivity index (χ4v) is 5.79. The third-order valence-corrected chi connectivity index (χ3v) is 8.47. The predicted molar refractivity (Wildman–Crippen MR) is 165 cm³/mol. The number of pyridine rings is 2. The number of aromatic nitrogens is 2. The fourth-order valence-electron chi connectivity index (χ4n) is 4.08. The standard InChI is InChI=1S/C30H28FN5O5S2/c1-40-13-12-32-17-19-6-8-24(34-18-19)28-16-25-29(42-28)27(10-11-33-25)41-26-9-7-21(15-23(26)31)36-30(37)35-20-4-3-5-22(14-20)43(2,38)39/h3-11,14-16,18,32H,12-13,17H2,1-2H3,(H2,35,36,37). The summed E-state index contributed by atoms with van der Waals surface area (Å²) in [6.45, 7) is 2.08. The van der Waals surface area contributed by atoms with E-state index in [-0.39, 0.29) is 22.0 Å². The summed E-state index contributed by atoms with van der Waals surface area (Å²) >= 11 is 1.44. The lowest BCUT2D eigenvalue weighted by Gasteiger charge is -2.11. The van der Waals surface area contributed by atoms with Gasteiger partial charge in [-0.3, -0.25) is 9.97 Å². The Hall–Kier alpha value is -4.43. The van der Waals surface area contributed by atoms with E-state index in [1.54, 1.807) is 25.4 Å². The van der Waals surface area contributed by atoms with Crippen molar-refractivity contribution in [3.63, 3.8) is 0 Å². The van der Waals surface area contributed by atoms with Gasteiger partial charge in [-0.1, -0.05) is 12.1 Å². The van der Waals surface area contributed by atoms with Gasteiger partial charge in [0.1, 0.15) is 5.75 Å². The molecule has 0 saturated carbocycles. The summed E-state index contributed by atoms with van der Waals surface area (Å²) in [5.41, 5.74) is 3.00. The third kappa shape index (κ3) is 7.70. The number of hydrogen-bond donors (Lipinski definition) is 3. The lowest BCUT2D eigenvalue weighted by Crippen LogP contribution is -2.19. The number of fused-ring (bicyclic) bond motifs is 1. The minimum atomic E-state index is -3.44. The lowest BCUT2D eigenvalue weighted by atomic mass is 10.2. The van der Waals surface area contributed by atoms with Crippen LogP contribution in [0.3, 0.4) is 0 Å². The van der Waals surface area contributed by atoms with Gasteiger partial charge in [0.2, 0.25) is 0 Å². The number of thiophene rings is 1. The summed E-state index contributed by atoms with van der Waals surface area (Å²) < 4.78 is 50.3. The van der Waals surface area contributed by atoms with Crippen molar-refractivity contribution in [3.8, 4) is 22.1 Å². The summed E-state index contributed by atoms with van der Waals surface area (Å²) in [5, 5.41) is 8.36. The number of carbonyl (C=O) groups is 1. The maximum Gasteiger partial charge on any atom is 0.323 e. The van der Waals surface area contributed by atoms with E-state index in [0.29, 0.717) is 24.4 Å². The van der Waals surface area contributed by atoms with Crippen LogP contribution in [0.15, 0.2) is 84.0 Å². The Labute approximate surface area is 251 Å². The maximum absolute atomic E-state index is 15.0. The number of ether oxygens (including phenoxy) is 2. The van der Waals surface area contributed by atoms with Crippen LogP contribution in [0.1, 0.15) is 5.56 Å². The molecule has 3 aromatic heterocycles. The highest BCUT2D eigenvalue weighted by atomic mass is 32.2. The van der Waals surface area contributed by atoms with Gasteiger partial charge in [0, 0.05) is 62.4 Å². The number of urea groups is 1. The molecule has 0 aliphatic carbocycles. The molecule has 5 aromatic rings. The topological polar surface area (TPSA) is 132 Å². The van der Waals surface area contributed by atoms with Crippen LogP contribution in [0.4, 0.5) is 20.6 Å². The Balaban J connectivity index is 1.26. The second-order valence-corrected chi connectivity index (χ2v) is 12.5. The van der Waals surface area contributed by atoms with E-state index in [9.17, 15) is 13.2 Å². The van der Waals surface area contributed by atoms with Crippen molar-refractivity contribution >= 4 is 48.8 Å². The highest BCUT2D eigenvalue weighted by Gasteiger charge is 2.15. The molecule has 0 aliphatic rings. The number of rotatable bonds is 11. The second kappa shape index (κ2) is 13.3. The zero-order chi connectivity index (χ0) is 30.4. The first-order chi connectivity index (χ1) is 20.7. The zero-order valence-electron chi connectivity index (χ0n) is 23.3. The summed E-state index contributed by atoms with van der Waals surface area (Å²) in [6, 6.07) is 16.7. The predicted octanol–water partition coefficient (Wildman–Crippen LogP) is 6.07. The first-order valence-corrected chi connectivity index (χ1v) is 15.8. The Morgan fingerprint density at radius 3 is 2.51 bits per heavy atom. The molecule has 0 fully saturated rings. The van der Waals surface area contributed by atoms with Gasteiger partial charge in [0.15, 0.2) is 21.4 Å². The van der Waals surface area contributed by atoms with Crippen LogP contribution in [0.2, 0.25) is 0 Å². The first-order valence-electron chi connectivity index (χ1n) is 13.1. The van der Waals surface area contributed by atoms with Crippen LogP contribution in [0.5, 0.6) is 11.5 Å². The quantitative estimate of drug-likeness (QED) is 0.151. The summed E-state index contributed by atoms with van der Waals surface area (Å²) in [4.78, 5) is 22.4. The lowest BCUT2D eigenvalue weighted by molar-refractivity contribution is 0.199. The highest BCUT2D eigenvalue weighted by molar-refractivity contribution is 7.90. The van der Waals surface area contributed by atoms with Crippen LogP contribution in [0, 0.1) is 5.82 Å². The number of sulfone groups is 1. The van der Waals surface area contributed by atoms with Crippen LogP contribution in [-0.2, 0) is 21.1 Å². The van der Waals surface area contributed by atoms with Crippen LogP contribution in [0.25, 0.3) is 20.8 Å². The van der Waals surface area contributed by atoms with E-state index in [1.807, 2.05) is 24.4 Å². The van der Waals surface area contributed by atoms with Crippen molar-refractivity contribution < 1.29 is 27.1 Å². The smallest absolute Gasteiger partial charge is 0.323 e. The average Bonchev–Trinajstić information content (AvgIpc) is 3.42. The zero-order valence-corrected chi connectivity index (χ0v) is 24.9. The molecule has 3 heterocycles. The van der Waals surface area contributed by atoms with E-state index in [0.717, 1.165) is 39.7 Å². The number of carbonyl (C=O) groups excluding carboxylic acids is 1. The van der Waals surface area contributed by atoms with E-state index in [4.69, 9.17) is 9.47 Å². The van der Waals surface area contributed by atoms with Gasteiger partial charge < -0.3 is 25.4 Å². The molecule has 13 heteroatoms. The number of nitrogens with one attached hydrogen (secondary N) is 3. The van der Waals surface area contributed by atoms with Gasteiger partial charge in [0.25, 0.3) is 0 Å². The number of amides is 2. The van der Waals surface area contributed by atoms with E-state index in [2.05, 4.69) is 25.9 Å². The molecule has 0 atom stereocenters. The van der Waals surface area contributed by atoms with Crippen molar-refractivity contribution in [2.24, 2.45) is 0 Å². The summed E-state index contributed by atoms with van der Waals surface area (Å²) in [6.07, 6.45) is 4.49. The Bertz CT molecular complexity index is 1860. The molecule has 2 amide bonds. The molecule has 5 rings (SSSR count). The Morgan fingerprint density at radius 2 is 1.79 bits per heavy atom. The average molecular weight is 622 g/mol. The van der Waals surface area contributed by atoms with Crippen LogP contribution in [-0.4, -0.2) is 50.9 Å². The minimum Gasteiger partial charge on any atom is -0.453 e. The largest absolute Gasteiger partial charge is 0.453 e. The van der Waals surface area contributed by atoms with Crippen molar-refractivity contribution in [1.29, 1.82) is 0 Å². The molecular weight excluding hydrogens is 593 g/mol. The highest BCUT2D eigenvalue weighted by Crippen LogP contribution is 2.39. The van der Waals surface area contributed by atoms with Crippen molar-refractivity contribution in [3.05, 3.63) is 90.5 Å². The molecule has 0 unspecified atom stereocenters. The molecule has 0 spiro atoms. The Morgan fingerprint density at radius 1 is 0.977 bits per heavy atom. The Kier molecular flexibility index (Phi) is 9.26. The number of benzene rings is 2. The van der Waals surface area contributed by atoms with E-state index < -0.39 is 21.7 Å². The molecule has 0 saturated heterocycles. The molecule has 0 aliphatic heterocycles. The number of anilines is 2. The number of nitrogens with zero attached hydrogens (tertiary/aromatic N) is 2. The number of methoxy groups -OCH3 is 1. The van der Waals surface area contributed by atoms with E-state index >= 15 is 4.39 Å². The molecule has 0 bridgehead atoms. The van der Waals surface area contributed by atoms with Crippen molar-refractivity contribution in [2.45, 2.75) is 11.4 Å². The molecule has 43 heavy (non-hydrogen) atoms. The number of halogens is 1. The third-order valence-electron chi connectivity index (χ3n) is 6.19. The maximum atomic E-state index is 15.0. The second-order valence-electron chi connectivity index (χ2n) is 9.48. The first kappa shape index (κ1) is 30.0. The number of hydrogen-bond acceptors (Lipinski definition) is 9. The van der Waals surface area contributed by atoms with Crippen LogP contribution >= 0.6 is 11.3 Å². The van der Waals surface area contributed by atoms with Gasteiger partial charge in [-0.25, -0.2) is 17.6 Å². The van der Waals surface area contributed by atoms with Gasteiger partial charge in [-0.2, -0.15) is 0 Å². The molecular formula is C30H28FN5O5S2. The van der Waals surface area contributed by atoms with Gasteiger partial charge >= 0.3 is 6.03 Å². The van der Waals surface area contributed by atoms with Crippen molar-refractivity contribution in [2.75, 3.05) is 37.2 Å². The fraction of sp³-hybridized carbons (Fsp3) is 0.167. The molecule has 10 nitrogen and oxygen atoms in total. The van der Waals surface area contributed by atoms with Gasteiger partial charge in [-0.05, 0) is 48.0 Å². The normalized spacial score (nSPS) is 11.4. The molecule has 0 radical (unpaired) electrons. The molecule has 222 valence electrons. The molecule has 3 N–H and O–H groups in total. The van der Waals surface area contributed by atoms with Gasteiger partial charge in [-0.15, -0.1) is 11.3 Å². The van der Waals surface area contributed by atoms with Crippen LogP contribution < -0.4 is 20.7 Å². The summed E-state index contributed by atoms with van der Waals surface area (Å²) in [5.74, 6) is -0.281. The van der Waals surface area contributed by atoms with Crippen molar-refractivity contribution in [1.82, 2.24) is 15.3 Å². The monoisotopic (exact) mass is 621 g/mol. The minimum absolute atomic E-state index is 0.0299. The SMILES string of the molecule is COCCNCc1ccc(-c2cc3nccc(Oc4ccc(NC(=O)Nc5cccc(S(C)(=O)=O)c5)cc4F)c3s2)nc1. The van der Waals surface area contributed by atoms with Gasteiger partial charge in [0.05, 0.1) is 32.3 Å². The molecule has 2 aromatic carbocycles. The van der Waals surface area contributed by atoms with E-state index in [1.165, 1.54) is 41.7 Å².